The van der Waals surface area contributed by atoms with Crippen LogP contribution in [0.4, 0.5) is 5.69 Å². The number of nitro benzene ring substituents is 1. The van der Waals surface area contributed by atoms with E-state index in [2.05, 4.69) is 17.8 Å². The van der Waals surface area contributed by atoms with E-state index in [0.717, 1.165) is 36.8 Å². The van der Waals surface area contributed by atoms with Gasteiger partial charge < -0.3 is 38.9 Å². The number of likely N-dealkylation sites (N-methyl/N-ethyl adjacent to an activating group) is 1. The molecule has 0 bridgehead atoms. The summed E-state index contributed by atoms with van der Waals surface area (Å²) in [4.78, 5) is 43.9. The predicted octanol–water partition coefficient (Wildman–Crippen LogP) is 7.64. The monoisotopic (exact) mass is 823 g/mol. The quantitative estimate of drug-likeness (QED) is 0.0286. The number of hydrogen-bond donors (Lipinski definition) is 2. The lowest BCUT2D eigenvalue weighted by molar-refractivity contribution is -0.384. The summed E-state index contributed by atoms with van der Waals surface area (Å²) < 4.78 is 25.8. The van der Waals surface area contributed by atoms with Gasteiger partial charge in [-0.2, -0.15) is 0 Å². The van der Waals surface area contributed by atoms with Crippen LogP contribution in [0.15, 0.2) is 96.2 Å². The van der Waals surface area contributed by atoms with Crippen LogP contribution in [0.2, 0.25) is 0 Å². The Kier molecular flexibility index (Phi) is 14.5. The number of nitrogens with zero attached hydrogens (tertiary/aromatic N) is 3. The molecule has 1 aliphatic heterocycles. The van der Waals surface area contributed by atoms with Gasteiger partial charge in [-0.3, -0.25) is 19.7 Å². The fraction of sp³-hybridized carbons (Fsp3) is 0.413. The molecule has 6 unspecified atom stereocenters. The molecule has 6 rings (SSSR count). The SMILES string of the molecule is C=CCOC12Oc3ccc(Oc4ccc(OC)c(C=O)c4)cc3C3C(CCCCO)C(CCCCO)C=C(C(=NOC)CC1N(C)C(=O)C=Cc1ccc([N+](=O)[O-])cc1)C32. The number of amides is 1. The summed E-state index contributed by atoms with van der Waals surface area (Å²) in [6, 6.07) is 15.8. The van der Waals surface area contributed by atoms with Crippen molar-refractivity contribution in [3.63, 3.8) is 0 Å². The molecule has 3 aromatic rings. The number of methoxy groups -OCH3 is 1. The zero-order valence-corrected chi connectivity index (χ0v) is 34.2. The Morgan fingerprint density at radius 2 is 1.75 bits per heavy atom. The van der Waals surface area contributed by atoms with Gasteiger partial charge in [0.15, 0.2) is 6.29 Å². The molecular weight excluding hydrogens is 771 g/mol. The van der Waals surface area contributed by atoms with Crippen molar-refractivity contribution in [1.82, 2.24) is 4.90 Å². The Balaban J connectivity index is 1.50. The van der Waals surface area contributed by atoms with E-state index >= 15 is 0 Å². The molecule has 1 heterocycles. The highest BCUT2D eigenvalue weighted by Gasteiger charge is 2.65. The minimum Gasteiger partial charge on any atom is -0.496 e. The van der Waals surface area contributed by atoms with E-state index in [4.69, 9.17) is 23.8 Å². The zero-order chi connectivity index (χ0) is 42.8. The Morgan fingerprint density at radius 3 is 2.42 bits per heavy atom. The number of allylic oxidation sites excluding steroid dienone is 1. The van der Waals surface area contributed by atoms with Crippen LogP contribution in [0, 0.1) is 27.9 Å². The third-order valence-electron chi connectivity index (χ3n) is 11.7. The first-order valence-corrected chi connectivity index (χ1v) is 20.2. The second-order valence-corrected chi connectivity index (χ2v) is 15.2. The standard InChI is InChI=1S/C46H53N3O11/c1-5-24-58-46-42(48(2)43(53)21-14-30-12-15-33(16-13-30)49(54)55)28-39(47-57-4)37-26-31(10-6-8-22-50)36(11-7-9-23-51)44(45(37)46)38-27-35(18-20-41(38)60-46)59-34-17-19-40(56-3)32(25-34)29-52/h5,12-21,25-27,29,31,36,42,44-45,50-51H,1,6-11,22-24,28H2,2-4H3. The van der Waals surface area contributed by atoms with Crippen molar-refractivity contribution >= 4 is 29.7 Å². The van der Waals surface area contributed by atoms with Crippen LogP contribution in [0.3, 0.4) is 0 Å². The number of non-ortho nitro benzene ring substituents is 1. The van der Waals surface area contributed by atoms with Gasteiger partial charge in [0.05, 0.1) is 35.8 Å². The molecule has 1 fully saturated rings. The highest BCUT2D eigenvalue weighted by Crippen LogP contribution is 2.62. The fourth-order valence-electron chi connectivity index (χ4n) is 9.05. The second kappa shape index (κ2) is 19.9. The predicted molar refractivity (Wildman–Crippen MR) is 225 cm³/mol. The van der Waals surface area contributed by atoms with Gasteiger partial charge in [0.25, 0.3) is 5.69 Å². The number of aldehydes is 1. The highest BCUT2D eigenvalue weighted by atomic mass is 16.7. The molecule has 0 spiro atoms. The number of aliphatic hydroxyl groups excluding tert-OH is 2. The number of carbonyl (C=O) groups excluding carboxylic acids is 2. The van der Waals surface area contributed by atoms with Crippen molar-refractivity contribution in [1.29, 1.82) is 0 Å². The van der Waals surface area contributed by atoms with Crippen LogP contribution in [0.25, 0.3) is 6.08 Å². The first-order chi connectivity index (χ1) is 29.1. The van der Waals surface area contributed by atoms with Gasteiger partial charge in [-0.25, -0.2) is 0 Å². The van der Waals surface area contributed by atoms with E-state index < -0.39 is 22.7 Å². The lowest BCUT2D eigenvalue weighted by atomic mass is 9.55. The number of hydrogen-bond acceptors (Lipinski definition) is 12. The van der Waals surface area contributed by atoms with E-state index in [9.17, 15) is 29.9 Å². The molecule has 60 heavy (non-hydrogen) atoms. The molecule has 318 valence electrons. The van der Waals surface area contributed by atoms with E-state index in [1.165, 1.54) is 32.4 Å². The molecule has 3 aliphatic rings. The van der Waals surface area contributed by atoms with Crippen LogP contribution in [-0.4, -0.2) is 90.9 Å². The molecule has 2 aliphatic carbocycles. The number of ether oxygens (including phenoxy) is 4. The lowest BCUT2D eigenvalue weighted by Gasteiger charge is -2.59. The number of nitro groups is 1. The Labute approximate surface area is 349 Å². The number of oxime groups is 1. The summed E-state index contributed by atoms with van der Waals surface area (Å²) >= 11 is 0. The van der Waals surface area contributed by atoms with Gasteiger partial charge in [-0.05, 0) is 103 Å². The molecule has 14 heteroatoms. The first-order valence-electron chi connectivity index (χ1n) is 20.2. The van der Waals surface area contributed by atoms with Crippen LogP contribution in [0.1, 0.15) is 72.3 Å². The van der Waals surface area contributed by atoms with Gasteiger partial charge >= 0.3 is 0 Å². The number of unbranched alkanes of at least 4 members (excludes halogenated alkanes) is 2. The molecule has 6 atom stereocenters. The van der Waals surface area contributed by atoms with Gasteiger partial charge in [0, 0.05) is 56.4 Å². The number of aliphatic hydroxyl groups is 2. The summed E-state index contributed by atoms with van der Waals surface area (Å²) in [5.41, 5.74) is 3.31. The Hall–Kier alpha value is -5.83. The van der Waals surface area contributed by atoms with Crippen LogP contribution in [0.5, 0.6) is 23.0 Å². The van der Waals surface area contributed by atoms with Crippen molar-refractivity contribution in [2.24, 2.45) is 22.9 Å². The Morgan fingerprint density at radius 1 is 1.03 bits per heavy atom. The summed E-state index contributed by atoms with van der Waals surface area (Å²) in [7, 11) is 4.68. The largest absolute Gasteiger partial charge is 0.496 e. The minimum absolute atomic E-state index is 0.00170. The second-order valence-electron chi connectivity index (χ2n) is 15.2. The first kappa shape index (κ1) is 43.7. The number of benzene rings is 3. The molecule has 3 aromatic carbocycles. The summed E-state index contributed by atoms with van der Waals surface area (Å²) in [5.74, 6) is -0.609. The average molecular weight is 824 g/mol. The summed E-state index contributed by atoms with van der Waals surface area (Å²) in [6.45, 7) is 4.19. The average Bonchev–Trinajstić information content (AvgIpc) is 3.26. The number of carbonyl (C=O) groups is 2. The lowest BCUT2D eigenvalue weighted by Crippen LogP contribution is -2.69. The zero-order valence-electron chi connectivity index (χ0n) is 34.2. The third-order valence-corrected chi connectivity index (χ3v) is 11.7. The van der Waals surface area contributed by atoms with E-state index in [1.807, 2.05) is 12.1 Å². The maximum Gasteiger partial charge on any atom is 0.269 e. The molecule has 0 radical (unpaired) electrons. The van der Waals surface area contributed by atoms with Crippen molar-refractivity contribution in [2.75, 3.05) is 41.1 Å². The summed E-state index contributed by atoms with van der Waals surface area (Å²) in [6.07, 6.45) is 12.2. The van der Waals surface area contributed by atoms with Crippen molar-refractivity contribution in [2.45, 2.75) is 62.7 Å². The van der Waals surface area contributed by atoms with Gasteiger partial charge in [0.2, 0.25) is 11.7 Å². The van der Waals surface area contributed by atoms with Crippen molar-refractivity contribution in [3.05, 3.63) is 118 Å². The molecular formula is C46H53N3O11. The molecule has 2 N–H and O–H groups in total. The topological polar surface area (TPSA) is 179 Å². The highest BCUT2D eigenvalue weighted by molar-refractivity contribution is 6.03. The van der Waals surface area contributed by atoms with Gasteiger partial charge in [-0.1, -0.05) is 30.1 Å². The Bertz CT molecular complexity index is 2120. The van der Waals surface area contributed by atoms with Gasteiger partial charge in [0.1, 0.15) is 36.1 Å². The van der Waals surface area contributed by atoms with Crippen molar-refractivity contribution in [3.8, 4) is 23.0 Å². The fourth-order valence-corrected chi connectivity index (χ4v) is 9.05. The third kappa shape index (κ3) is 9.15. The molecule has 0 aromatic heterocycles. The maximum atomic E-state index is 14.2. The van der Waals surface area contributed by atoms with Crippen molar-refractivity contribution < 1.29 is 48.5 Å². The molecule has 1 saturated carbocycles. The van der Waals surface area contributed by atoms with Crippen LogP contribution < -0.4 is 14.2 Å². The van der Waals surface area contributed by atoms with E-state index in [0.29, 0.717) is 59.0 Å². The smallest absolute Gasteiger partial charge is 0.269 e. The number of rotatable bonds is 20. The molecule has 14 nitrogen and oxygen atoms in total. The maximum absolute atomic E-state index is 14.2. The molecule has 0 saturated heterocycles. The number of fused-ring (bicyclic) bond motifs is 2. The van der Waals surface area contributed by atoms with Gasteiger partial charge in [-0.15, -0.1) is 6.58 Å². The minimum atomic E-state index is -1.45. The normalized spacial score (nSPS) is 23.4. The van der Waals surface area contributed by atoms with E-state index in [-0.39, 0.29) is 55.6 Å². The summed E-state index contributed by atoms with van der Waals surface area (Å²) in [5, 5.41) is 35.5. The van der Waals surface area contributed by atoms with Crippen LogP contribution >= 0.6 is 0 Å². The van der Waals surface area contributed by atoms with Crippen LogP contribution in [-0.2, 0) is 14.4 Å². The molecule has 1 amide bonds. The van der Waals surface area contributed by atoms with E-state index in [1.54, 1.807) is 60.5 Å².